The molecular weight excluding hydrogens is 276 g/mol. The molecule has 0 aliphatic carbocycles. The summed E-state index contributed by atoms with van der Waals surface area (Å²) in [4.78, 5) is 14.6. The third-order valence-electron chi connectivity index (χ3n) is 4.74. The number of amides is 1. The normalized spacial score (nSPS) is 20.4. The van der Waals surface area contributed by atoms with Crippen LogP contribution >= 0.6 is 0 Å². The molecule has 0 unspecified atom stereocenters. The zero-order chi connectivity index (χ0) is 16.1. The van der Waals surface area contributed by atoms with Gasteiger partial charge in [-0.2, -0.15) is 10.2 Å². The number of piperidine rings is 1. The molecule has 0 bridgehead atoms. The minimum absolute atomic E-state index is 0.0194. The highest BCUT2D eigenvalue weighted by atomic mass is 16.1. The number of hydrogen-bond donors (Lipinski definition) is 1. The summed E-state index contributed by atoms with van der Waals surface area (Å²) < 4.78 is 0. The molecule has 0 saturated carbocycles. The van der Waals surface area contributed by atoms with Gasteiger partial charge in [-0.25, -0.2) is 0 Å². The van der Waals surface area contributed by atoms with E-state index in [1.54, 1.807) is 0 Å². The summed E-state index contributed by atoms with van der Waals surface area (Å²) in [6.07, 6.45) is 11.7. The Morgan fingerprint density at radius 1 is 1.27 bits per heavy atom. The van der Waals surface area contributed by atoms with Gasteiger partial charge in [-0.1, -0.05) is 6.42 Å². The summed E-state index contributed by atoms with van der Waals surface area (Å²) in [5.74, 6) is 2.69. The molecule has 122 valence electrons. The van der Waals surface area contributed by atoms with E-state index in [1.165, 1.54) is 19.3 Å². The Bertz CT molecular complexity index is 452. The fraction of sp³-hybridized carbons (Fsp3) is 0.824. The van der Waals surface area contributed by atoms with Gasteiger partial charge >= 0.3 is 0 Å². The van der Waals surface area contributed by atoms with Crippen molar-refractivity contribution >= 4 is 5.91 Å². The van der Waals surface area contributed by atoms with Gasteiger partial charge in [0.25, 0.3) is 0 Å². The van der Waals surface area contributed by atoms with Crippen LogP contribution in [0, 0.1) is 12.3 Å². The van der Waals surface area contributed by atoms with Crippen LogP contribution in [0.15, 0.2) is 10.2 Å². The zero-order valence-corrected chi connectivity index (χ0v) is 13.9. The smallest absolute Gasteiger partial charge is 0.220 e. The summed E-state index contributed by atoms with van der Waals surface area (Å²) >= 11 is 0. The molecule has 1 amide bonds. The quantitative estimate of drug-likeness (QED) is 0.701. The molecule has 0 aromatic rings. The van der Waals surface area contributed by atoms with Gasteiger partial charge in [-0.3, -0.25) is 9.69 Å². The summed E-state index contributed by atoms with van der Waals surface area (Å²) in [5, 5.41) is 11.2. The molecule has 1 fully saturated rings. The standard InChI is InChI=1S/C17H28N4O/c1-4-5-10-17(19-20-17)11-9-15(22)18-14-16(2,3)21-12-7-6-8-13-21/h1H,5-14H2,2-3H3,(H,18,22). The molecule has 22 heavy (non-hydrogen) atoms. The molecule has 2 aliphatic rings. The lowest BCUT2D eigenvalue weighted by Crippen LogP contribution is -2.53. The summed E-state index contributed by atoms with van der Waals surface area (Å²) in [7, 11) is 0. The van der Waals surface area contributed by atoms with Crippen molar-refractivity contribution in [2.75, 3.05) is 19.6 Å². The topological polar surface area (TPSA) is 57.1 Å². The van der Waals surface area contributed by atoms with Crippen molar-refractivity contribution in [1.29, 1.82) is 0 Å². The van der Waals surface area contributed by atoms with Gasteiger partial charge in [-0.15, -0.1) is 12.3 Å². The van der Waals surface area contributed by atoms with Crippen LogP contribution in [0.4, 0.5) is 0 Å². The molecule has 0 atom stereocenters. The molecule has 5 heteroatoms. The molecule has 0 spiro atoms. The van der Waals surface area contributed by atoms with Gasteiger partial charge < -0.3 is 5.32 Å². The van der Waals surface area contributed by atoms with Crippen LogP contribution in [-0.2, 0) is 4.79 Å². The van der Waals surface area contributed by atoms with Crippen LogP contribution < -0.4 is 5.32 Å². The Morgan fingerprint density at radius 3 is 2.55 bits per heavy atom. The number of carbonyl (C=O) groups excluding carboxylic acids is 1. The van der Waals surface area contributed by atoms with Crippen molar-refractivity contribution in [2.45, 2.75) is 70.0 Å². The van der Waals surface area contributed by atoms with Gasteiger partial charge in [0, 0.05) is 37.8 Å². The van der Waals surface area contributed by atoms with E-state index in [2.05, 4.69) is 40.2 Å². The third-order valence-corrected chi connectivity index (χ3v) is 4.74. The maximum Gasteiger partial charge on any atom is 0.220 e. The SMILES string of the molecule is C#CCCC1(CCC(=O)NCC(C)(C)N2CCCCC2)N=N1. The first-order chi connectivity index (χ1) is 10.5. The molecule has 5 nitrogen and oxygen atoms in total. The number of nitrogens with one attached hydrogen (secondary N) is 1. The van der Waals surface area contributed by atoms with E-state index < -0.39 is 0 Å². The van der Waals surface area contributed by atoms with Crippen LogP contribution in [-0.4, -0.2) is 41.6 Å². The molecule has 2 heterocycles. The number of carbonyl (C=O) groups is 1. The molecule has 0 aromatic carbocycles. The highest BCUT2D eigenvalue weighted by Crippen LogP contribution is 2.37. The Kier molecular flexibility index (Phi) is 5.57. The lowest BCUT2D eigenvalue weighted by Gasteiger charge is -2.41. The monoisotopic (exact) mass is 304 g/mol. The maximum atomic E-state index is 12.1. The predicted octanol–water partition coefficient (Wildman–Crippen LogP) is 2.72. The number of hydrogen-bond acceptors (Lipinski definition) is 4. The Labute approximate surface area is 133 Å². The fourth-order valence-corrected chi connectivity index (χ4v) is 3.00. The minimum atomic E-state index is -0.355. The third kappa shape index (κ3) is 4.81. The first kappa shape index (κ1) is 17.0. The van der Waals surface area contributed by atoms with Crippen LogP contribution in [0.3, 0.4) is 0 Å². The molecule has 0 aromatic heterocycles. The molecular formula is C17H28N4O. The zero-order valence-electron chi connectivity index (χ0n) is 13.9. The Morgan fingerprint density at radius 2 is 1.95 bits per heavy atom. The highest BCUT2D eigenvalue weighted by molar-refractivity contribution is 5.76. The molecule has 1 N–H and O–H groups in total. The van der Waals surface area contributed by atoms with Crippen molar-refractivity contribution in [1.82, 2.24) is 10.2 Å². The van der Waals surface area contributed by atoms with Gasteiger partial charge in [0.2, 0.25) is 5.91 Å². The van der Waals surface area contributed by atoms with Gasteiger partial charge in [0.05, 0.1) is 0 Å². The Balaban J connectivity index is 1.68. The van der Waals surface area contributed by atoms with Gasteiger partial charge in [0.15, 0.2) is 5.66 Å². The Hall–Kier alpha value is -1.41. The van der Waals surface area contributed by atoms with Crippen LogP contribution in [0.2, 0.25) is 0 Å². The van der Waals surface area contributed by atoms with E-state index in [-0.39, 0.29) is 17.1 Å². The van der Waals surface area contributed by atoms with Crippen molar-refractivity contribution in [2.24, 2.45) is 10.2 Å². The second-order valence-electron chi connectivity index (χ2n) is 7.02. The molecule has 1 saturated heterocycles. The average molecular weight is 304 g/mol. The average Bonchev–Trinajstić information content (AvgIpc) is 3.30. The van der Waals surface area contributed by atoms with Gasteiger partial charge in [0.1, 0.15) is 0 Å². The van der Waals surface area contributed by atoms with E-state index in [0.29, 0.717) is 25.8 Å². The van der Waals surface area contributed by atoms with Crippen LogP contribution in [0.5, 0.6) is 0 Å². The van der Waals surface area contributed by atoms with E-state index in [1.807, 2.05) is 0 Å². The summed E-state index contributed by atoms with van der Waals surface area (Å²) in [6.45, 7) is 7.38. The molecule has 2 aliphatic heterocycles. The van der Waals surface area contributed by atoms with E-state index in [9.17, 15) is 4.79 Å². The number of rotatable bonds is 8. The lowest BCUT2D eigenvalue weighted by molar-refractivity contribution is -0.122. The fourth-order valence-electron chi connectivity index (χ4n) is 3.00. The van der Waals surface area contributed by atoms with Crippen molar-refractivity contribution in [3.8, 4) is 12.3 Å². The maximum absolute atomic E-state index is 12.1. The van der Waals surface area contributed by atoms with Crippen molar-refractivity contribution < 1.29 is 4.79 Å². The number of likely N-dealkylation sites (tertiary alicyclic amines) is 1. The van der Waals surface area contributed by atoms with Crippen LogP contribution in [0.25, 0.3) is 0 Å². The molecule has 0 radical (unpaired) electrons. The van der Waals surface area contributed by atoms with Crippen molar-refractivity contribution in [3.63, 3.8) is 0 Å². The van der Waals surface area contributed by atoms with Crippen LogP contribution in [0.1, 0.15) is 58.8 Å². The van der Waals surface area contributed by atoms with Gasteiger partial charge in [-0.05, 0) is 39.8 Å². The van der Waals surface area contributed by atoms with Crippen molar-refractivity contribution in [3.05, 3.63) is 0 Å². The lowest BCUT2D eigenvalue weighted by atomic mass is 9.98. The molecule has 2 rings (SSSR count). The predicted molar refractivity (Wildman–Crippen MR) is 87.4 cm³/mol. The largest absolute Gasteiger partial charge is 0.354 e. The van der Waals surface area contributed by atoms with E-state index >= 15 is 0 Å². The first-order valence-corrected chi connectivity index (χ1v) is 8.37. The minimum Gasteiger partial charge on any atom is -0.354 e. The second-order valence-corrected chi connectivity index (χ2v) is 7.02. The van der Waals surface area contributed by atoms with E-state index in [0.717, 1.165) is 19.5 Å². The second kappa shape index (κ2) is 7.23. The first-order valence-electron chi connectivity index (χ1n) is 8.37. The van der Waals surface area contributed by atoms with E-state index in [4.69, 9.17) is 6.42 Å². The highest BCUT2D eigenvalue weighted by Gasteiger charge is 2.39. The summed E-state index contributed by atoms with van der Waals surface area (Å²) in [5.41, 5.74) is -0.336. The number of nitrogens with zero attached hydrogens (tertiary/aromatic N) is 3. The number of terminal acetylenes is 1. The summed E-state index contributed by atoms with van der Waals surface area (Å²) in [6, 6.07) is 0.